The van der Waals surface area contributed by atoms with E-state index < -0.39 is 0 Å². The first kappa shape index (κ1) is 23.5. The molecule has 2 heterocycles. The number of benzene rings is 1. The molecule has 0 radical (unpaired) electrons. The largest absolute Gasteiger partial charge is 0.497 e. The summed E-state index contributed by atoms with van der Waals surface area (Å²) < 4.78 is 12.4. The summed E-state index contributed by atoms with van der Waals surface area (Å²) in [4.78, 5) is 16.4. The van der Waals surface area contributed by atoms with Crippen LogP contribution in [-0.4, -0.2) is 48.0 Å². The van der Waals surface area contributed by atoms with Gasteiger partial charge in [0.05, 0.1) is 32.5 Å². The van der Waals surface area contributed by atoms with Crippen LogP contribution in [0, 0.1) is 0 Å². The van der Waals surface area contributed by atoms with Crippen LogP contribution in [0.4, 0.5) is 0 Å². The molecule has 2 aromatic heterocycles. The third kappa shape index (κ3) is 5.03. The fourth-order valence-electron chi connectivity index (χ4n) is 2.64. The number of fused-ring (bicyclic) bond motifs is 1. The molecule has 1 aromatic carbocycles. The third-order valence-corrected chi connectivity index (χ3v) is 3.98. The number of carbonyl (C=O) groups excluding carboxylic acids is 1. The smallest absolute Gasteiger partial charge is 0.252 e. The molecule has 0 saturated heterocycles. The molecule has 152 valence electrons. The van der Waals surface area contributed by atoms with Crippen molar-refractivity contribution in [1.29, 1.82) is 0 Å². The zero-order valence-corrected chi connectivity index (χ0v) is 17.2. The second-order valence-electron chi connectivity index (χ2n) is 5.66. The van der Waals surface area contributed by atoms with Crippen molar-refractivity contribution in [3.05, 3.63) is 47.8 Å². The molecule has 0 aliphatic rings. The highest BCUT2D eigenvalue weighted by molar-refractivity contribution is 5.96. The molecular formula is C18H23Cl2N5O3. The normalized spacial score (nSPS) is 9.96. The number of ether oxygens (including phenoxy) is 2. The van der Waals surface area contributed by atoms with Gasteiger partial charge in [0.2, 0.25) is 0 Å². The highest BCUT2D eigenvalue weighted by Gasteiger charge is 2.12. The van der Waals surface area contributed by atoms with Gasteiger partial charge in [-0.1, -0.05) is 0 Å². The molecule has 0 bridgehead atoms. The van der Waals surface area contributed by atoms with Gasteiger partial charge in [0.15, 0.2) is 5.65 Å². The molecule has 0 aliphatic heterocycles. The lowest BCUT2D eigenvalue weighted by atomic mass is 10.2. The lowest BCUT2D eigenvalue weighted by Gasteiger charge is -2.11. The summed E-state index contributed by atoms with van der Waals surface area (Å²) in [6.07, 6.45) is 3.23. The van der Waals surface area contributed by atoms with Crippen molar-refractivity contribution in [3.8, 4) is 11.5 Å². The fraction of sp³-hybridized carbons (Fsp3) is 0.278. The predicted octanol–water partition coefficient (Wildman–Crippen LogP) is 2.03. The van der Waals surface area contributed by atoms with Crippen LogP contribution in [0.2, 0.25) is 0 Å². The first-order chi connectivity index (χ1) is 12.7. The van der Waals surface area contributed by atoms with Gasteiger partial charge in [-0.25, -0.2) is 9.67 Å². The molecule has 0 saturated carbocycles. The highest BCUT2D eigenvalue weighted by atomic mass is 35.5. The van der Waals surface area contributed by atoms with Crippen LogP contribution >= 0.6 is 24.8 Å². The van der Waals surface area contributed by atoms with E-state index >= 15 is 0 Å². The standard InChI is InChI=1S/C18H21N5O3.2ClH/c1-25-15-4-3-12(16(8-15)26-2)11-23-17-13(10-22-23)7-14(9-21-17)18(24)20-6-5-19;;/h3-4,7-10H,5-6,11,19H2,1-2H3,(H,20,24);2*1H. The Bertz CT molecular complexity index is 933. The number of hydrogen-bond donors (Lipinski definition) is 2. The molecule has 28 heavy (non-hydrogen) atoms. The van der Waals surface area contributed by atoms with Crippen molar-refractivity contribution in [3.63, 3.8) is 0 Å². The number of nitrogens with zero attached hydrogens (tertiary/aromatic N) is 3. The zero-order valence-electron chi connectivity index (χ0n) is 15.5. The quantitative estimate of drug-likeness (QED) is 0.597. The summed E-state index contributed by atoms with van der Waals surface area (Å²) in [7, 11) is 3.23. The number of methoxy groups -OCH3 is 2. The Hall–Kier alpha value is -2.55. The number of aromatic nitrogens is 3. The summed E-state index contributed by atoms with van der Waals surface area (Å²) in [5.41, 5.74) is 7.52. The van der Waals surface area contributed by atoms with Crippen LogP contribution in [-0.2, 0) is 6.54 Å². The van der Waals surface area contributed by atoms with Crippen molar-refractivity contribution in [2.45, 2.75) is 6.54 Å². The van der Waals surface area contributed by atoms with Gasteiger partial charge in [-0.15, -0.1) is 24.8 Å². The van der Waals surface area contributed by atoms with Crippen molar-refractivity contribution >= 4 is 41.8 Å². The zero-order chi connectivity index (χ0) is 18.5. The monoisotopic (exact) mass is 427 g/mol. The molecule has 8 nitrogen and oxygen atoms in total. The van der Waals surface area contributed by atoms with E-state index in [1.165, 1.54) is 6.20 Å². The Morgan fingerprint density at radius 2 is 1.96 bits per heavy atom. The molecular weight excluding hydrogens is 405 g/mol. The highest BCUT2D eigenvalue weighted by Crippen LogP contribution is 2.26. The Balaban J connectivity index is 0.00000196. The van der Waals surface area contributed by atoms with Gasteiger partial charge in [-0.05, 0) is 18.2 Å². The van der Waals surface area contributed by atoms with E-state index in [1.807, 2.05) is 18.2 Å². The van der Waals surface area contributed by atoms with Gasteiger partial charge in [-0.2, -0.15) is 5.10 Å². The Labute approximate surface area is 175 Å². The van der Waals surface area contributed by atoms with Crippen molar-refractivity contribution in [2.75, 3.05) is 27.3 Å². The molecule has 0 spiro atoms. The van der Waals surface area contributed by atoms with Gasteiger partial charge in [-0.3, -0.25) is 4.79 Å². The van der Waals surface area contributed by atoms with Crippen LogP contribution in [0.25, 0.3) is 11.0 Å². The molecule has 3 rings (SSSR count). The van der Waals surface area contributed by atoms with Gasteiger partial charge in [0.1, 0.15) is 11.5 Å². The molecule has 3 aromatic rings. The maximum Gasteiger partial charge on any atom is 0.252 e. The number of amides is 1. The minimum Gasteiger partial charge on any atom is -0.497 e. The molecule has 0 aliphatic carbocycles. The number of halogens is 2. The van der Waals surface area contributed by atoms with E-state index in [2.05, 4.69) is 15.4 Å². The first-order valence-corrected chi connectivity index (χ1v) is 8.17. The average Bonchev–Trinajstić information content (AvgIpc) is 3.08. The molecule has 1 amide bonds. The van der Waals surface area contributed by atoms with Gasteiger partial charge < -0.3 is 20.5 Å². The summed E-state index contributed by atoms with van der Waals surface area (Å²) in [6, 6.07) is 7.40. The summed E-state index contributed by atoms with van der Waals surface area (Å²) in [5, 5.41) is 7.90. The SMILES string of the molecule is COc1ccc(Cn2ncc3cc(C(=O)NCCN)cnc32)c(OC)c1.Cl.Cl. The number of hydrogen-bond acceptors (Lipinski definition) is 6. The van der Waals surface area contributed by atoms with Gasteiger partial charge in [0.25, 0.3) is 5.91 Å². The number of carbonyl (C=O) groups is 1. The molecule has 0 atom stereocenters. The van der Waals surface area contributed by atoms with E-state index in [9.17, 15) is 4.79 Å². The summed E-state index contributed by atoms with van der Waals surface area (Å²) in [6.45, 7) is 1.30. The topological polar surface area (TPSA) is 104 Å². The Morgan fingerprint density at radius 1 is 1.18 bits per heavy atom. The van der Waals surface area contributed by atoms with Crippen LogP contribution in [0.15, 0.2) is 36.7 Å². The van der Waals surface area contributed by atoms with E-state index in [-0.39, 0.29) is 30.7 Å². The summed E-state index contributed by atoms with van der Waals surface area (Å²) in [5.74, 6) is 1.24. The fourth-order valence-corrected chi connectivity index (χ4v) is 2.64. The minimum absolute atomic E-state index is 0. The van der Waals surface area contributed by atoms with Crippen molar-refractivity contribution in [1.82, 2.24) is 20.1 Å². The van der Waals surface area contributed by atoms with E-state index in [1.54, 1.807) is 31.2 Å². The minimum atomic E-state index is -0.200. The summed E-state index contributed by atoms with van der Waals surface area (Å²) >= 11 is 0. The number of nitrogens with two attached hydrogens (primary N) is 1. The maximum atomic E-state index is 12.0. The lowest BCUT2D eigenvalue weighted by Crippen LogP contribution is -2.29. The van der Waals surface area contributed by atoms with Crippen molar-refractivity contribution in [2.24, 2.45) is 5.73 Å². The van der Waals surface area contributed by atoms with Crippen molar-refractivity contribution < 1.29 is 14.3 Å². The average molecular weight is 428 g/mol. The Morgan fingerprint density at radius 3 is 2.64 bits per heavy atom. The number of nitrogens with one attached hydrogen (secondary N) is 1. The van der Waals surface area contributed by atoms with Crippen LogP contribution < -0.4 is 20.5 Å². The predicted molar refractivity (Wildman–Crippen MR) is 112 cm³/mol. The first-order valence-electron chi connectivity index (χ1n) is 8.17. The lowest BCUT2D eigenvalue weighted by molar-refractivity contribution is 0.0954. The van der Waals surface area contributed by atoms with Crippen LogP contribution in [0.1, 0.15) is 15.9 Å². The maximum absolute atomic E-state index is 12.0. The molecule has 0 unspecified atom stereocenters. The molecule has 10 heteroatoms. The molecule has 3 N–H and O–H groups in total. The van der Waals surface area contributed by atoms with Crippen LogP contribution in [0.3, 0.4) is 0 Å². The third-order valence-electron chi connectivity index (χ3n) is 3.98. The Kier molecular flexibility index (Phi) is 8.98. The van der Waals surface area contributed by atoms with Crippen LogP contribution in [0.5, 0.6) is 11.5 Å². The van der Waals surface area contributed by atoms with Gasteiger partial charge in [0, 0.05) is 36.3 Å². The van der Waals surface area contributed by atoms with E-state index in [0.29, 0.717) is 36.6 Å². The number of pyridine rings is 1. The van der Waals surface area contributed by atoms with E-state index in [0.717, 1.165) is 16.7 Å². The molecule has 0 fully saturated rings. The second kappa shape index (κ2) is 10.7. The number of rotatable bonds is 7. The second-order valence-corrected chi connectivity index (χ2v) is 5.66. The van der Waals surface area contributed by atoms with E-state index in [4.69, 9.17) is 15.2 Å². The van der Waals surface area contributed by atoms with Gasteiger partial charge >= 0.3 is 0 Å².